The first-order chi connectivity index (χ1) is 13.4. The zero-order valence-corrected chi connectivity index (χ0v) is 16.4. The van der Waals surface area contributed by atoms with Crippen LogP contribution in [-0.4, -0.2) is 24.3 Å². The second kappa shape index (κ2) is 8.39. The Morgan fingerprint density at radius 1 is 1.18 bits per heavy atom. The van der Waals surface area contributed by atoms with Crippen LogP contribution in [0.3, 0.4) is 0 Å². The molecule has 1 saturated carbocycles. The molecule has 4 heteroatoms. The third-order valence-corrected chi connectivity index (χ3v) is 5.28. The van der Waals surface area contributed by atoms with Gasteiger partial charge in [-0.3, -0.25) is 4.79 Å². The molecular weight excluding hydrogens is 352 g/mol. The van der Waals surface area contributed by atoms with Crippen molar-refractivity contribution >= 4 is 5.97 Å². The minimum Gasteiger partial charge on any atom is -0.493 e. The molecule has 3 aliphatic rings. The lowest BCUT2D eigenvalue weighted by Gasteiger charge is -2.20. The normalized spacial score (nSPS) is 16.2. The summed E-state index contributed by atoms with van der Waals surface area (Å²) in [5, 5.41) is 9.30. The highest BCUT2D eigenvalue weighted by Crippen LogP contribution is 2.34. The number of rotatable bonds is 6. The standard InChI is InChI=1S/C18H22O4.C6H4/c1-4-18(2,17(19)20)12-13-9-10-15(21-3)16(11-13)22-14-7-5-6-8-14;1-2-5-4-6(5)3-1/h1,9-11,14H,5-8,12H2,2-3H3,(H,19,20);1-4H. The van der Waals surface area contributed by atoms with E-state index in [2.05, 4.69) is 30.2 Å². The Kier molecular flexibility index (Phi) is 5.94. The van der Waals surface area contributed by atoms with Crippen molar-refractivity contribution < 1.29 is 19.4 Å². The van der Waals surface area contributed by atoms with Crippen LogP contribution < -0.4 is 9.47 Å². The largest absolute Gasteiger partial charge is 0.493 e. The van der Waals surface area contributed by atoms with Crippen molar-refractivity contribution in [3.63, 3.8) is 0 Å². The number of carboxylic acids is 1. The summed E-state index contributed by atoms with van der Waals surface area (Å²) in [4.78, 5) is 11.3. The first-order valence-corrected chi connectivity index (χ1v) is 9.60. The third-order valence-electron chi connectivity index (χ3n) is 5.28. The van der Waals surface area contributed by atoms with Gasteiger partial charge in [-0.1, -0.05) is 30.2 Å². The van der Waals surface area contributed by atoms with Gasteiger partial charge in [0.15, 0.2) is 11.5 Å². The van der Waals surface area contributed by atoms with Gasteiger partial charge in [0, 0.05) is 0 Å². The van der Waals surface area contributed by atoms with Crippen LogP contribution in [0.1, 0.15) is 38.2 Å². The number of benzene rings is 2. The van der Waals surface area contributed by atoms with Gasteiger partial charge in [0.05, 0.1) is 13.2 Å². The van der Waals surface area contributed by atoms with Crippen molar-refractivity contribution in [2.75, 3.05) is 7.11 Å². The van der Waals surface area contributed by atoms with Crippen LogP contribution in [-0.2, 0) is 11.2 Å². The first kappa shape index (κ1) is 19.8. The van der Waals surface area contributed by atoms with Gasteiger partial charge in [-0.2, -0.15) is 0 Å². The van der Waals surface area contributed by atoms with Gasteiger partial charge in [0.25, 0.3) is 0 Å². The number of hydrogen-bond donors (Lipinski definition) is 1. The average Bonchev–Trinajstić information content (AvgIpc) is 3.07. The number of hydrogen-bond acceptors (Lipinski definition) is 3. The maximum atomic E-state index is 11.3. The quantitative estimate of drug-likeness (QED) is 0.617. The Morgan fingerprint density at radius 3 is 2.32 bits per heavy atom. The molecule has 1 atom stereocenters. The molecule has 0 saturated heterocycles. The van der Waals surface area contributed by atoms with E-state index in [9.17, 15) is 9.90 Å². The second-order valence-electron chi connectivity index (χ2n) is 7.55. The molecule has 0 bridgehead atoms. The smallest absolute Gasteiger partial charge is 0.321 e. The fourth-order valence-corrected chi connectivity index (χ4v) is 3.38. The highest BCUT2D eigenvalue weighted by Gasteiger charge is 2.31. The van der Waals surface area contributed by atoms with Gasteiger partial charge in [-0.25, -0.2) is 0 Å². The van der Waals surface area contributed by atoms with E-state index < -0.39 is 11.4 Å². The highest BCUT2D eigenvalue weighted by molar-refractivity contribution is 5.80. The molecule has 4 nitrogen and oxygen atoms in total. The van der Waals surface area contributed by atoms with Crippen LogP contribution in [0, 0.1) is 17.8 Å². The number of aliphatic carboxylic acids is 1. The van der Waals surface area contributed by atoms with E-state index in [-0.39, 0.29) is 12.5 Å². The Labute approximate surface area is 166 Å². The van der Waals surface area contributed by atoms with E-state index in [4.69, 9.17) is 15.9 Å². The van der Waals surface area contributed by atoms with Gasteiger partial charge < -0.3 is 14.6 Å². The number of carboxylic acid groups (broad SMARTS) is 1. The number of ether oxygens (including phenoxy) is 2. The molecule has 1 aromatic carbocycles. The minimum atomic E-state index is -1.22. The molecule has 1 fully saturated rings. The zero-order valence-electron chi connectivity index (χ0n) is 16.4. The topological polar surface area (TPSA) is 55.8 Å². The molecular formula is C24H26O4. The van der Waals surface area contributed by atoms with Gasteiger partial charge in [0.1, 0.15) is 5.41 Å². The summed E-state index contributed by atoms with van der Waals surface area (Å²) >= 11 is 0. The van der Waals surface area contributed by atoms with Gasteiger partial charge in [-0.05, 0) is 73.9 Å². The first-order valence-electron chi connectivity index (χ1n) is 9.60. The number of fused-ring (bicyclic) bond motifs is 1. The molecule has 0 heterocycles. The van der Waals surface area contributed by atoms with E-state index in [0.717, 1.165) is 18.4 Å². The molecule has 4 rings (SSSR count). The predicted octanol–water partition coefficient (Wildman–Crippen LogP) is 4.95. The van der Waals surface area contributed by atoms with Crippen LogP contribution in [0.15, 0.2) is 42.5 Å². The van der Waals surface area contributed by atoms with Crippen molar-refractivity contribution in [1.82, 2.24) is 0 Å². The van der Waals surface area contributed by atoms with Gasteiger partial charge >= 0.3 is 5.97 Å². The lowest BCUT2D eigenvalue weighted by atomic mass is 9.84. The summed E-state index contributed by atoms with van der Waals surface area (Å²) in [6, 6.07) is 14.0. The summed E-state index contributed by atoms with van der Waals surface area (Å²) in [7, 11) is 1.60. The van der Waals surface area contributed by atoms with Crippen LogP contribution >= 0.6 is 0 Å². The summed E-state index contributed by atoms with van der Waals surface area (Å²) in [6.07, 6.45) is 10.3. The average molecular weight is 378 g/mol. The molecule has 1 N–H and O–H groups in total. The van der Waals surface area contributed by atoms with E-state index >= 15 is 0 Å². The predicted molar refractivity (Wildman–Crippen MR) is 110 cm³/mol. The summed E-state index contributed by atoms with van der Waals surface area (Å²) in [5.74, 6) is 2.70. The Morgan fingerprint density at radius 2 is 1.86 bits per heavy atom. The summed E-state index contributed by atoms with van der Waals surface area (Å²) < 4.78 is 11.4. The van der Waals surface area contributed by atoms with Crippen molar-refractivity contribution in [3.05, 3.63) is 48.0 Å². The molecule has 0 spiro atoms. The number of terminal acetylenes is 1. The zero-order chi connectivity index (χ0) is 20.1. The van der Waals surface area contributed by atoms with Crippen molar-refractivity contribution in [3.8, 4) is 35.0 Å². The SMILES string of the molecule is C#CC(C)(Cc1ccc(OC)c(OC2CCCC2)c1)C(=O)O.c1cc2cc-2c1. The van der Waals surface area contributed by atoms with Crippen LogP contribution in [0.4, 0.5) is 0 Å². The molecule has 0 amide bonds. The van der Waals surface area contributed by atoms with E-state index in [1.165, 1.54) is 24.0 Å². The lowest BCUT2D eigenvalue weighted by molar-refractivity contribution is -0.144. The number of carbonyl (C=O) groups is 1. The monoisotopic (exact) mass is 378 g/mol. The third kappa shape index (κ3) is 4.67. The van der Waals surface area contributed by atoms with Gasteiger partial charge in [0.2, 0.25) is 0 Å². The maximum Gasteiger partial charge on any atom is 0.321 e. The Balaban J connectivity index is 0.000000311. The fraction of sp³-hybridized carbons (Fsp3) is 0.375. The molecule has 1 unspecified atom stereocenters. The molecule has 0 aromatic heterocycles. The second-order valence-corrected chi connectivity index (χ2v) is 7.55. The molecule has 0 aliphatic heterocycles. The van der Waals surface area contributed by atoms with Crippen LogP contribution in [0.5, 0.6) is 11.5 Å². The molecule has 3 aliphatic carbocycles. The van der Waals surface area contributed by atoms with E-state index in [0.29, 0.717) is 11.5 Å². The fourth-order valence-electron chi connectivity index (χ4n) is 3.38. The summed E-state index contributed by atoms with van der Waals surface area (Å²) in [6.45, 7) is 1.55. The van der Waals surface area contributed by atoms with Crippen LogP contribution in [0.2, 0.25) is 0 Å². The Hall–Kier alpha value is -2.93. The Bertz CT molecular complexity index is 872. The number of methoxy groups -OCH3 is 1. The minimum absolute atomic E-state index is 0.211. The van der Waals surface area contributed by atoms with Crippen LogP contribution in [0.25, 0.3) is 11.1 Å². The maximum absolute atomic E-state index is 11.3. The van der Waals surface area contributed by atoms with Crippen molar-refractivity contribution in [2.45, 2.75) is 45.1 Å². The van der Waals surface area contributed by atoms with Gasteiger partial charge in [-0.15, -0.1) is 6.42 Å². The van der Waals surface area contributed by atoms with E-state index in [1.807, 2.05) is 12.1 Å². The molecule has 28 heavy (non-hydrogen) atoms. The molecule has 1 aromatic rings. The van der Waals surface area contributed by atoms with Crippen molar-refractivity contribution in [2.24, 2.45) is 5.41 Å². The summed E-state index contributed by atoms with van der Waals surface area (Å²) in [5.41, 5.74) is 2.46. The highest BCUT2D eigenvalue weighted by atomic mass is 16.5. The van der Waals surface area contributed by atoms with Crippen molar-refractivity contribution in [1.29, 1.82) is 0 Å². The molecule has 0 radical (unpaired) electrons. The van der Waals surface area contributed by atoms with E-state index in [1.54, 1.807) is 20.1 Å². The lowest BCUT2D eigenvalue weighted by Crippen LogP contribution is -2.28. The molecule has 146 valence electrons.